The second-order valence-electron chi connectivity index (χ2n) is 19.3. The zero-order valence-corrected chi connectivity index (χ0v) is 51.8. The fourth-order valence-corrected chi connectivity index (χ4v) is 8.58. The van der Waals surface area contributed by atoms with Crippen LogP contribution < -0.4 is 9.47 Å². The number of aliphatic hydroxyl groups excluding tert-OH is 2. The van der Waals surface area contributed by atoms with Crippen LogP contribution in [0, 0.1) is 23.8 Å². The average molecular weight is 1440 g/mol. The first-order chi connectivity index (χ1) is 37.8. The van der Waals surface area contributed by atoms with Crippen LogP contribution in [0.5, 0.6) is 11.5 Å². The molecule has 7 rings (SSSR count). The average Bonchev–Trinajstić information content (AvgIpc) is 3.48. The summed E-state index contributed by atoms with van der Waals surface area (Å²) in [5.41, 5.74) is 9.76. The van der Waals surface area contributed by atoms with Crippen molar-refractivity contribution in [1.29, 1.82) is 0 Å². The molecule has 0 atom stereocenters. The summed E-state index contributed by atoms with van der Waals surface area (Å²) in [4.78, 5) is 32.5. The number of ketones is 2. The molecule has 80 heavy (non-hydrogen) atoms. The third-order valence-corrected chi connectivity index (χ3v) is 13.0. The summed E-state index contributed by atoms with van der Waals surface area (Å²) < 4.78 is 38.2. The molecule has 2 heterocycles. The van der Waals surface area contributed by atoms with E-state index in [4.69, 9.17) is 9.47 Å². The molecule has 0 amide bonds. The number of aromatic nitrogens is 2. The molecule has 0 fully saturated rings. The summed E-state index contributed by atoms with van der Waals surface area (Å²) in [6.07, 6.45) is 18.2. The fraction of sp³-hybridized carbons (Fsp3) is 0.324. The Bertz CT molecular complexity index is 2760. The SMILES string of the molecule is CCCCCCCCOc1cc(-c2ccc(C/C(C(C)=O)=C(\C)O)cc2)c(OCCCCCCCC)cc1-c1ccc(C/C(C(C)=O)=C(\C)O)cc1.Fc1c[c-]c(-c2ccccn2)cc1.Fc1c[c-]c(-c2ccccn2)cc1.[Ir].[Ir]. The number of Topliss-reactive ketones (excluding diaryl/α,β-unsaturated/α-hetero) is 2. The number of allylic oxidation sites excluding steroid dienone is 4. The van der Waals surface area contributed by atoms with Crippen molar-refractivity contribution in [3.05, 3.63) is 203 Å². The van der Waals surface area contributed by atoms with E-state index in [0.717, 1.165) is 93.1 Å². The van der Waals surface area contributed by atoms with Crippen molar-refractivity contribution in [3.8, 4) is 56.3 Å². The standard InChI is InChI=1S/C46H62O6.2C11H7FN.2Ir/c1-7-9-11-13-15-17-27-51-45-31-44(40-25-21-38(22-26-40)30-42(35(5)49)36(6)50)46(52-28-18-16-14-12-10-8-2)32-43(45)39-23-19-37(20-24-39)29-41(33(3)47)34(4)48;2*12-10-6-4-9(5-7-10)11-3-1-2-8-13-11;;/h19-26,31-32,47,49H,7-18,27-30H2,1-6H3;2*1-4,6-8H;;/q;2*-1;;/b41-33-,42-35-;;;;. The zero-order valence-electron chi connectivity index (χ0n) is 47.0. The molecule has 428 valence electrons. The molecular weight excluding hydrogens is 1360 g/mol. The Kier molecular flexibility index (Phi) is 31.8. The van der Waals surface area contributed by atoms with Crippen molar-refractivity contribution in [1.82, 2.24) is 9.97 Å². The first-order valence-corrected chi connectivity index (χ1v) is 27.4. The molecule has 2 N–H and O–H groups in total. The summed E-state index contributed by atoms with van der Waals surface area (Å²) in [6.45, 7) is 11.7. The summed E-state index contributed by atoms with van der Waals surface area (Å²) >= 11 is 0. The number of aliphatic hydroxyl groups is 2. The number of carbonyl (C=O) groups excluding carboxylic acids is 2. The van der Waals surface area contributed by atoms with E-state index in [0.29, 0.717) is 37.2 Å². The van der Waals surface area contributed by atoms with Crippen molar-refractivity contribution >= 4 is 11.6 Å². The van der Waals surface area contributed by atoms with Crippen LogP contribution in [0.15, 0.2) is 169 Å². The number of nitrogens with zero attached hydrogens (tertiary/aromatic N) is 2. The van der Waals surface area contributed by atoms with Crippen LogP contribution in [0.1, 0.15) is 130 Å². The van der Waals surface area contributed by atoms with Crippen molar-refractivity contribution in [2.75, 3.05) is 13.2 Å². The fourth-order valence-electron chi connectivity index (χ4n) is 8.58. The molecule has 7 aromatic rings. The predicted octanol–water partition coefficient (Wildman–Crippen LogP) is 17.8. The number of unbranched alkanes of at least 4 members (excludes halogenated alkanes) is 10. The van der Waals surface area contributed by atoms with E-state index in [1.165, 1.54) is 89.5 Å². The third kappa shape index (κ3) is 23.3. The van der Waals surface area contributed by atoms with Crippen molar-refractivity contribution < 1.29 is 78.3 Å². The van der Waals surface area contributed by atoms with Crippen LogP contribution in [-0.4, -0.2) is 45.0 Å². The van der Waals surface area contributed by atoms with Gasteiger partial charge in [0.1, 0.15) is 11.5 Å². The van der Waals surface area contributed by atoms with Crippen LogP contribution in [-0.2, 0) is 62.6 Å². The van der Waals surface area contributed by atoms with Gasteiger partial charge < -0.3 is 29.7 Å². The normalized spacial score (nSPS) is 11.2. The van der Waals surface area contributed by atoms with Gasteiger partial charge in [-0.1, -0.05) is 151 Å². The quantitative estimate of drug-likeness (QED) is 0.0238. The van der Waals surface area contributed by atoms with Gasteiger partial charge in [-0.3, -0.25) is 18.4 Å². The number of carbonyl (C=O) groups is 2. The molecule has 0 saturated heterocycles. The number of halogens is 2. The zero-order chi connectivity index (χ0) is 56.1. The number of ether oxygens (including phenoxy) is 2. The van der Waals surface area contributed by atoms with Crippen LogP contribution in [0.3, 0.4) is 0 Å². The van der Waals surface area contributed by atoms with Crippen LogP contribution in [0.25, 0.3) is 44.8 Å². The Hall–Kier alpha value is -6.42. The summed E-state index contributed by atoms with van der Waals surface area (Å²) in [6, 6.07) is 45.9. The Morgan fingerprint density at radius 1 is 0.487 bits per heavy atom. The summed E-state index contributed by atoms with van der Waals surface area (Å²) in [5.74, 6) is 0.837. The number of hydrogen-bond acceptors (Lipinski definition) is 8. The van der Waals surface area contributed by atoms with Gasteiger partial charge in [0.15, 0.2) is 11.6 Å². The molecule has 0 aliphatic rings. The molecular formula is C68H76F2Ir2N2O6-2. The maximum absolute atomic E-state index is 12.6. The topological polar surface area (TPSA) is 119 Å². The van der Waals surface area contributed by atoms with E-state index < -0.39 is 0 Å². The predicted molar refractivity (Wildman–Crippen MR) is 311 cm³/mol. The molecule has 0 spiro atoms. The second-order valence-corrected chi connectivity index (χ2v) is 19.3. The van der Waals surface area contributed by atoms with Gasteiger partial charge in [0, 0.05) is 99.4 Å². The molecule has 0 bridgehead atoms. The van der Waals surface area contributed by atoms with Crippen LogP contribution in [0.2, 0.25) is 0 Å². The van der Waals surface area contributed by atoms with Crippen molar-refractivity contribution in [2.24, 2.45) is 0 Å². The van der Waals surface area contributed by atoms with Gasteiger partial charge in [0.2, 0.25) is 0 Å². The van der Waals surface area contributed by atoms with Gasteiger partial charge in [-0.25, -0.2) is 0 Å². The van der Waals surface area contributed by atoms with Gasteiger partial charge in [-0.2, -0.15) is 0 Å². The maximum Gasteiger partial charge on any atom is 0.159 e. The van der Waals surface area contributed by atoms with Crippen LogP contribution in [0.4, 0.5) is 8.78 Å². The largest absolute Gasteiger partial charge is 0.512 e. The van der Waals surface area contributed by atoms with Crippen LogP contribution >= 0.6 is 0 Å². The van der Waals surface area contributed by atoms with E-state index in [1.54, 1.807) is 38.4 Å². The molecule has 0 unspecified atom stereocenters. The second kappa shape index (κ2) is 37.5. The molecule has 0 aliphatic heterocycles. The minimum absolute atomic E-state index is 0. The minimum atomic E-state index is -0.278. The third-order valence-electron chi connectivity index (χ3n) is 13.0. The molecule has 0 saturated carbocycles. The number of benzene rings is 5. The Balaban J connectivity index is 0.000000481. The smallest absolute Gasteiger partial charge is 0.159 e. The first-order valence-electron chi connectivity index (χ1n) is 27.4. The van der Waals surface area contributed by atoms with Gasteiger partial charge >= 0.3 is 0 Å². The molecule has 5 aromatic carbocycles. The van der Waals surface area contributed by atoms with Gasteiger partial charge in [0.25, 0.3) is 0 Å². The number of rotatable bonds is 26. The molecule has 8 nitrogen and oxygen atoms in total. The molecule has 0 aliphatic carbocycles. The first kappa shape index (κ1) is 67.9. The van der Waals surface area contributed by atoms with E-state index >= 15 is 0 Å². The maximum atomic E-state index is 12.6. The van der Waals surface area contributed by atoms with Gasteiger partial charge in [0.05, 0.1) is 24.7 Å². The summed E-state index contributed by atoms with van der Waals surface area (Å²) in [7, 11) is 0. The molecule has 2 radical (unpaired) electrons. The Morgan fingerprint density at radius 2 is 0.850 bits per heavy atom. The van der Waals surface area contributed by atoms with Crippen molar-refractivity contribution in [3.63, 3.8) is 0 Å². The Morgan fingerprint density at radius 3 is 1.15 bits per heavy atom. The number of pyridine rings is 2. The Labute approximate surface area is 500 Å². The van der Waals surface area contributed by atoms with E-state index in [2.05, 4.69) is 48.1 Å². The van der Waals surface area contributed by atoms with E-state index in [9.17, 15) is 28.6 Å². The van der Waals surface area contributed by atoms with Gasteiger partial charge in [-0.15, -0.1) is 59.7 Å². The molecule has 12 heteroatoms. The van der Waals surface area contributed by atoms with Crippen molar-refractivity contribution in [2.45, 2.75) is 131 Å². The van der Waals surface area contributed by atoms with E-state index in [-0.39, 0.29) is 74.9 Å². The monoisotopic (exact) mass is 1440 g/mol. The molecule has 2 aromatic heterocycles. The van der Waals surface area contributed by atoms with E-state index in [1.807, 2.05) is 84.9 Å². The minimum Gasteiger partial charge on any atom is -0.512 e. The van der Waals surface area contributed by atoms with Gasteiger partial charge in [-0.05, 0) is 98.4 Å². The number of hydrogen-bond donors (Lipinski definition) is 2. The summed E-state index contributed by atoms with van der Waals surface area (Å²) in [5, 5.41) is 20.1.